The van der Waals surface area contributed by atoms with E-state index in [0.29, 0.717) is 18.3 Å². The molecule has 0 atom stereocenters. The first-order chi connectivity index (χ1) is 16.6. The van der Waals surface area contributed by atoms with Crippen LogP contribution in [0.4, 0.5) is 11.4 Å². The fraction of sp³-hybridized carbons (Fsp3) is 0.250. The van der Waals surface area contributed by atoms with Crippen molar-refractivity contribution in [3.63, 3.8) is 0 Å². The minimum atomic E-state index is 0.535. The van der Waals surface area contributed by atoms with Crippen molar-refractivity contribution in [2.24, 2.45) is 0 Å². The van der Waals surface area contributed by atoms with Crippen LogP contribution in [-0.4, -0.2) is 18.3 Å². The SMILES string of the molecule is CCOc1ccc(NC(=S)Nc2ccc(OCC)cc2)cc1.[Zr][CH](C1=CC=CC1)C1=CC=CC1. The van der Waals surface area contributed by atoms with E-state index in [1.165, 1.54) is 12.8 Å². The molecule has 0 bridgehead atoms. The molecular formula is C28H31N2O2SZr. The van der Waals surface area contributed by atoms with Gasteiger partial charge < -0.3 is 20.1 Å². The summed E-state index contributed by atoms with van der Waals surface area (Å²) in [5.41, 5.74) is 5.02. The predicted molar refractivity (Wildman–Crippen MR) is 142 cm³/mol. The Bertz CT molecular complexity index is 973. The molecule has 2 aliphatic carbocycles. The number of thiocarbonyl (C=S) groups is 1. The summed E-state index contributed by atoms with van der Waals surface area (Å²) in [6, 6.07) is 15.3. The molecule has 0 aromatic heterocycles. The van der Waals surface area contributed by atoms with Gasteiger partial charge >= 0.3 is 88.8 Å². The molecule has 2 aromatic rings. The third-order valence-electron chi connectivity index (χ3n) is 5.19. The standard InChI is InChI=1S/C17H20N2O2S.C11H11.Zr/c1-3-20-15-9-5-13(6-10-15)18-17(22)19-14-7-11-16(12-8-14)21-4-2;1-2-6-10(5-1)9-11-7-3-4-8-11;/h5-12H,3-4H2,1-2H3,(H2,18,19,22);1-5,7,9H,6,8H2;. The number of hydrogen-bond donors (Lipinski definition) is 2. The van der Waals surface area contributed by atoms with Gasteiger partial charge in [0.2, 0.25) is 0 Å². The van der Waals surface area contributed by atoms with Gasteiger partial charge in [0, 0.05) is 11.4 Å². The number of nitrogens with one attached hydrogen (secondary N) is 2. The van der Waals surface area contributed by atoms with E-state index < -0.39 is 0 Å². The quantitative estimate of drug-likeness (QED) is 0.336. The van der Waals surface area contributed by atoms with Crippen molar-refractivity contribution in [1.29, 1.82) is 0 Å². The minimum absolute atomic E-state index is 0.535. The summed E-state index contributed by atoms with van der Waals surface area (Å²) < 4.78 is 11.5. The second-order valence-corrected chi connectivity index (χ2v) is 9.50. The normalized spacial score (nSPS) is 13.6. The van der Waals surface area contributed by atoms with Crippen LogP contribution in [-0.2, 0) is 24.7 Å². The predicted octanol–water partition coefficient (Wildman–Crippen LogP) is 7.39. The Kier molecular flexibility index (Phi) is 10.8. The molecule has 4 rings (SSSR count). The summed E-state index contributed by atoms with van der Waals surface area (Å²) in [6.45, 7) is 5.24. The second kappa shape index (κ2) is 14.1. The zero-order valence-corrected chi connectivity index (χ0v) is 23.0. The molecule has 2 aromatic carbocycles. The number of benzene rings is 2. The topological polar surface area (TPSA) is 42.5 Å². The summed E-state index contributed by atoms with van der Waals surface area (Å²) >= 11 is 6.93. The maximum absolute atomic E-state index is 5.40. The Morgan fingerprint density at radius 3 is 1.53 bits per heavy atom. The van der Waals surface area contributed by atoms with Gasteiger partial charge in [-0.05, 0) is 74.6 Å². The van der Waals surface area contributed by atoms with Crippen molar-refractivity contribution in [3.8, 4) is 11.5 Å². The summed E-state index contributed by atoms with van der Waals surface area (Å²) in [4.78, 5) is 0. The molecule has 0 amide bonds. The number of allylic oxidation sites excluding steroid dienone is 8. The zero-order valence-electron chi connectivity index (χ0n) is 19.7. The number of rotatable bonds is 8. The van der Waals surface area contributed by atoms with Gasteiger partial charge in [0.15, 0.2) is 5.11 Å². The number of hydrogen-bond acceptors (Lipinski definition) is 3. The van der Waals surface area contributed by atoms with E-state index in [-0.39, 0.29) is 0 Å². The van der Waals surface area contributed by atoms with Crippen LogP contribution in [0.1, 0.15) is 26.7 Å². The Balaban J connectivity index is 0.000000226. The van der Waals surface area contributed by atoms with Crippen LogP contribution in [0.25, 0.3) is 0 Å². The van der Waals surface area contributed by atoms with E-state index in [4.69, 9.17) is 21.7 Å². The Hall–Kier alpha value is -2.43. The Morgan fingerprint density at radius 1 is 0.794 bits per heavy atom. The number of ether oxygens (including phenoxy) is 2. The van der Waals surface area contributed by atoms with E-state index in [1.54, 1.807) is 35.9 Å². The molecule has 2 aliphatic rings. The van der Waals surface area contributed by atoms with Crippen LogP contribution in [0.2, 0.25) is 3.63 Å². The summed E-state index contributed by atoms with van der Waals surface area (Å²) in [5, 5.41) is 6.80. The van der Waals surface area contributed by atoms with Gasteiger partial charge in [-0.1, -0.05) is 0 Å². The average Bonchev–Trinajstić information content (AvgIpc) is 3.57. The molecule has 0 heterocycles. The van der Waals surface area contributed by atoms with Crippen molar-refractivity contribution < 1.29 is 34.2 Å². The molecule has 0 radical (unpaired) electrons. The van der Waals surface area contributed by atoms with Crippen LogP contribution in [0.3, 0.4) is 0 Å². The Morgan fingerprint density at radius 2 is 1.21 bits per heavy atom. The average molecular weight is 551 g/mol. The molecule has 6 heteroatoms. The fourth-order valence-corrected chi connectivity index (χ4v) is 4.78. The first kappa shape index (κ1) is 26.2. The van der Waals surface area contributed by atoms with Gasteiger partial charge in [-0.15, -0.1) is 0 Å². The summed E-state index contributed by atoms with van der Waals surface area (Å²) in [6.07, 6.45) is 15.7. The molecular weight excluding hydrogens is 520 g/mol. The van der Waals surface area contributed by atoms with E-state index in [9.17, 15) is 0 Å². The van der Waals surface area contributed by atoms with Crippen LogP contribution in [0.5, 0.6) is 11.5 Å². The van der Waals surface area contributed by atoms with Gasteiger partial charge in [0.05, 0.1) is 13.2 Å². The van der Waals surface area contributed by atoms with Crippen LogP contribution < -0.4 is 20.1 Å². The number of anilines is 2. The molecule has 0 fully saturated rings. The molecule has 0 saturated carbocycles. The van der Waals surface area contributed by atoms with Crippen LogP contribution >= 0.6 is 12.2 Å². The molecule has 4 nitrogen and oxygen atoms in total. The fourth-order valence-electron chi connectivity index (χ4n) is 3.49. The van der Waals surface area contributed by atoms with Crippen LogP contribution in [0, 0.1) is 0 Å². The summed E-state index contributed by atoms with van der Waals surface area (Å²) in [5.74, 6) is 1.69. The van der Waals surface area contributed by atoms with Crippen LogP contribution in [0.15, 0.2) is 96.1 Å². The first-order valence-corrected chi connectivity index (χ1v) is 13.4. The summed E-state index contributed by atoms with van der Waals surface area (Å²) in [7, 11) is 0. The second-order valence-electron chi connectivity index (χ2n) is 7.67. The van der Waals surface area contributed by atoms with E-state index >= 15 is 0 Å². The van der Waals surface area contributed by atoms with E-state index in [2.05, 4.69) is 47.1 Å². The van der Waals surface area contributed by atoms with Crippen molar-refractivity contribution in [2.45, 2.75) is 30.3 Å². The molecule has 175 valence electrons. The molecule has 34 heavy (non-hydrogen) atoms. The molecule has 0 saturated heterocycles. The molecule has 0 spiro atoms. The van der Waals surface area contributed by atoms with Crippen molar-refractivity contribution >= 4 is 28.7 Å². The van der Waals surface area contributed by atoms with E-state index in [1.807, 2.05) is 62.4 Å². The van der Waals surface area contributed by atoms with Gasteiger partial charge in [0.1, 0.15) is 11.5 Å². The maximum atomic E-state index is 5.40. The van der Waals surface area contributed by atoms with Crippen molar-refractivity contribution in [1.82, 2.24) is 0 Å². The van der Waals surface area contributed by atoms with Crippen molar-refractivity contribution in [2.75, 3.05) is 23.8 Å². The monoisotopic (exact) mass is 549 g/mol. The van der Waals surface area contributed by atoms with Gasteiger partial charge in [-0.2, -0.15) is 0 Å². The van der Waals surface area contributed by atoms with Gasteiger partial charge in [-0.3, -0.25) is 0 Å². The molecule has 0 aliphatic heterocycles. The van der Waals surface area contributed by atoms with Gasteiger partial charge in [0.25, 0.3) is 0 Å². The van der Waals surface area contributed by atoms with Crippen molar-refractivity contribution in [3.05, 3.63) is 96.1 Å². The van der Waals surface area contributed by atoms with Gasteiger partial charge in [-0.25, -0.2) is 0 Å². The van der Waals surface area contributed by atoms with E-state index in [0.717, 1.165) is 26.5 Å². The molecule has 0 unspecified atom stereocenters. The molecule has 2 N–H and O–H groups in total. The zero-order chi connectivity index (χ0) is 24.2. The Labute approximate surface area is 223 Å². The first-order valence-electron chi connectivity index (χ1n) is 11.5. The third kappa shape index (κ3) is 8.41. The third-order valence-corrected chi connectivity index (χ3v) is 7.21.